The maximum absolute atomic E-state index is 12.0. The van der Waals surface area contributed by atoms with Crippen LogP contribution in [0.4, 0.5) is 0 Å². The van der Waals surface area contributed by atoms with Gasteiger partial charge in [0.15, 0.2) is 18.1 Å². The number of carbonyl (C=O) groups is 1. The topological polar surface area (TPSA) is 80.2 Å². The first-order chi connectivity index (χ1) is 12.8. The molecule has 0 saturated heterocycles. The molecule has 0 radical (unpaired) electrons. The third-order valence-corrected chi connectivity index (χ3v) is 4.43. The summed E-state index contributed by atoms with van der Waals surface area (Å²) in [5.74, 6) is 0.945. The highest BCUT2D eigenvalue weighted by Gasteiger charge is 2.10. The second kappa shape index (κ2) is 9.41. The maximum Gasteiger partial charge on any atom is 0.277 e. The molecule has 0 aliphatic carbocycles. The van der Waals surface area contributed by atoms with Crippen LogP contribution in [-0.2, 0) is 4.79 Å². The predicted molar refractivity (Wildman–Crippen MR) is 109 cm³/mol. The summed E-state index contributed by atoms with van der Waals surface area (Å²) in [4.78, 5) is 12.0. The van der Waals surface area contributed by atoms with Crippen molar-refractivity contribution in [3.63, 3.8) is 0 Å². The van der Waals surface area contributed by atoms with Crippen LogP contribution in [-0.4, -0.2) is 30.9 Å². The fraction of sp³-hybridized carbons (Fsp3) is 0.300. The molecule has 0 bridgehead atoms. The number of phenols is 1. The third kappa shape index (κ3) is 5.72. The number of methoxy groups -OCH3 is 1. The van der Waals surface area contributed by atoms with Crippen LogP contribution in [0.25, 0.3) is 0 Å². The fourth-order valence-electron chi connectivity index (χ4n) is 2.42. The number of nitrogens with zero attached hydrogens (tertiary/aromatic N) is 1. The van der Waals surface area contributed by atoms with Crippen molar-refractivity contribution in [3.8, 4) is 17.2 Å². The van der Waals surface area contributed by atoms with Crippen molar-refractivity contribution >= 4 is 28.1 Å². The van der Waals surface area contributed by atoms with Gasteiger partial charge in [0.1, 0.15) is 5.75 Å². The molecule has 0 heterocycles. The minimum atomic E-state index is -0.368. The summed E-state index contributed by atoms with van der Waals surface area (Å²) < 4.78 is 11.2. The van der Waals surface area contributed by atoms with Crippen LogP contribution < -0.4 is 14.9 Å². The third-order valence-electron chi connectivity index (χ3n) is 3.82. The van der Waals surface area contributed by atoms with Crippen molar-refractivity contribution in [2.24, 2.45) is 5.10 Å². The lowest BCUT2D eigenvalue weighted by atomic mass is 10.0. The SMILES string of the molecule is COc1cc(C=NNC(=O)COc2cc(C)ccc2C(C)C)cc(Br)c1O. The van der Waals surface area contributed by atoms with E-state index in [1.165, 1.54) is 13.3 Å². The number of aromatic hydroxyl groups is 1. The summed E-state index contributed by atoms with van der Waals surface area (Å²) in [7, 11) is 1.46. The summed E-state index contributed by atoms with van der Waals surface area (Å²) in [5.41, 5.74) is 5.20. The van der Waals surface area contributed by atoms with Gasteiger partial charge in [-0.2, -0.15) is 5.10 Å². The average Bonchev–Trinajstić information content (AvgIpc) is 2.62. The predicted octanol–water partition coefficient (Wildman–Crippen LogP) is 4.12. The summed E-state index contributed by atoms with van der Waals surface area (Å²) in [5, 5.41) is 13.7. The Labute approximate surface area is 167 Å². The first-order valence-electron chi connectivity index (χ1n) is 8.43. The number of hydrazone groups is 1. The van der Waals surface area contributed by atoms with Gasteiger partial charge in [-0.15, -0.1) is 0 Å². The number of hydrogen-bond donors (Lipinski definition) is 2. The van der Waals surface area contributed by atoms with Crippen molar-refractivity contribution in [2.75, 3.05) is 13.7 Å². The van der Waals surface area contributed by atoms with Crippen LogP contribution in [0.1, 0.15) is 36.5 Å². The summed E-state index contributed by atoms with van der Waals surface area (Å²) in [6, 6.07) is 9.23. The first-order valence-corrected chi connectivity index (χ1v) is 9.23. The molecule has 0 fully saturated rings. The fourth-order valence-corrected chi connectivity index (χ4v) is 2.88. The number of aryl methyl sites for hydroxylation is 1. The van der Waals surface area contributed by atoms with Crippen LogP contribution in [0, 0.1) is 6.92 Å². The number of ether oxygens (including phenoxy) is 2. The molecule has 2 rings (SSSR count). The molecule has 2 aromatic rings. The molecule has 2 N–H and O–H groups in total. The standard InChI is InChI=1S/C20H23BrN2O4/c1-12(2)15-6-5-13(3)7-17(15)27-11-19(24)23-22-10-14-8-16(21)20(25)18(9-14)26-4/h5-10,12,25H,11H2,1-4H3,(H,23,24). The molecule has 0 atom stereocenters. The van der Waals surface area contributed by atoms with Crippen molar-refractivity contribution in [1.29, 1.82) is 0 Å². The van der Waals surface area contributed by atoms with Gasteiger partial charge in [-0.3, -0.25) is 4.79 Å². The largest absolute Gasteiger partial charge is 0.503 e. The number of nitrogens with one attached hydrogen (secondary N) is 1. The number of benzene rings is 2. The van der Waals surface area contributed by atoms with E-state index >= 15 is 0 Å². The van der Waals surface area contributed by atoms with Gasteiger partial charge in [0.25, 0.3) is 5.91 Å². The Hall–Kier alpha value is -2.54. The lowest BCUT2D eigenvalue weighted by Crippen LogP contribution is -2.25. The van der Waals surface area contributed by atoms with Crippen LogP contribution in [0.2, 0.25) is 0 Å². The minimum Gasteiger partial charge on any atom is -0.503 e. The van der Waals surface area contributed by atoms with Crippen molar-refractivity contribution < 1.29 is 19.4 Å². The van der Waals surface area contributed by atoms with Crippen LogP contribution in [0.5, 0.6) is 17.2 Å². The van der Waals surface area contributed by atoms with E-state index in [1.807, 2.05) is 25.1 Å². The molecule has 7 heteroatoms. The Bertz CT molecular complexity index is 850. The number of halogens is 1. The molecule has 0 aromatic heterocycles. The maximum atomic E-state index is 12.0. The number of hydrogen-bond acceptors (Lipinski definition) is 5. The number of carbonyl (C=O) groups excluding carboxylic acids is 1. The van der Waals surface area contributed by atoms with E-state index in [4.69, 9.17) is 9.47 Å². The van der Waals surface area contributed by atoms with Gasteiger partial charge in [-0.05, 0) is 63.7 Å². The molecular formula is C20H23BrN2O4. The summed E-state index contributed by atoms with van der Waals surface area (Å²) >= 11 is 3.23. The second-order valence-corrected chi connectivity index (χ2v) is 7.19. The van der Waals surface area contributed by atoms with E-state index in [0.717, 1.165) is 11.1 Å². The van der Waals surface area contributed by atoms with Crippen LogP contribution in [0.15, 0.2) is 39.9 Å². The molecule has 0 spiro atoms. The van der Waals surface area contributed by atoms with Gasteiger partial charge in [-0.25, -0.2) is 5.43 Å². The molecule has 0 aliphatic rings. The van der Waals surface area contributed by atoms with Gasteiger partial charge < -0.3 is 14.6 Å². The number of phenolic OH excluding ortho intramolecular Hbond substituents is 1. The Morgan fingerprint density at radius 2 is 2.04 bits per heavy atom. The smallest absolute Gasteiger partial charge is 0.277 e. The molecule has 27 heavy (non-hydrogen) atoms. The summed E-state index contributed by atoms with van der Waals surface area (Å²) in [6.07, 6.45) is 1.46. The highest BCUT2D eigenvalue weighted by molar-refractivity contribution is 9.10. The molecular weight excluding hydrogens is 412 g/mol. The molecule has 0 unspecified atom stereocenters. The Balaban J connectivity index is 1.97. The Morgan fingerprint density at radius 1 is 1.30 bits per heavy atom. The van der Waals surface area contributed by atoms with Gasteiger partial charge in [0.05, 0.1) is 17.8 Å². The second-order valence-electron chi connectivity index (χ2n) is 6.33. The quantitative estimate of drug-likeness (QED) is 0.507. The monoisotopic (exact) mass is 434 g/mol. The zero-order valence-electron chi connectivity index (χ0n) is 15.7. The van der Waals surface area contributed by atoms with E-state index in [-0.39, 0.29) is 18.3 Å². The van der Waals surface area contributed by atoms with E-state index < -0.39 is 0 Å². The van der Waals surface area contributed by atoms with E-state index in [0.29, 0.717) is 27.5 Å². The number of rotatable bonds is 7. The molecule has 2 aromatic carbocycles. The first kappa shape index (κ1) is 20.8. The van der Waals surface area contributed by atoms with Gasteiger partial charge in [0.2, 0.25) is 0 Å². The number of amides is 1. The lowest BCUT2D eigenvalue weighted by Gasteiger charge is -2.14. The lowest BCUT2D eigenvalue weighted by molar-refractivity contribution is -0.123. The van der Waals surface area contributed by atoms with E-state index in [1.54, 1.807) is 12.1 Å². The van der Waals surface area contributed by atoms with Crippen molar-refractivity contribution in [2.45, 2.75) is 26.7 Å². The average molecular weight is 435 g/mol. The highest BCUT2D eigenvalue weighted by atomic mass is 79.9. The Morgan fingerprint density at radius 3 is 2.70 bits per heavy atom. The highest BCUT2D eigenvalue weighted by Crippen LogP contribution is 2.34. The van der Waals surface area contributed by atoms with Crippen molar-refractivity contribution in [1.82, 2.24) is 5.43 Å². The van der Waals surface area contributed by atoms with E-state index in [9.17, 15) is 9.90 Å². The molecule has 0 saturated carbocycles. The molecule has 6 nitrogen and oxygen atoms in total. The zero-order valence-corrected chi connectivity index (χ0v) is 17.3. The molecule has 0 aliphatic heterocycles. The van der Waals surface area contributed by atoms with Gasteiger partial charge >= 0.3 is 0 Å². The summed E-state index contributed by atoms with van der Waals surface area (Å²) in [6.45, 7) is 5.99. The normalized spacial score (nSPS) is 11.0. The zero-order chi connectivity index (χ0) is 20.0. The van der Waals surface area contributed by atoms with Gasteiger partial charge in [-0.1, -0.05) is 26.0 Å². The van der Waals surface area contributed by atoms with Crippen LogP contribution >= 0.6 is 15.9 Å². The van der Waals surface area contributed by atoms with Gasteiger partial charge in [0, 0.05) is 0 Å². The van der Waals surface area contributed by atoms with Crippen LogP contribution in [0.3, 0.4) is 0 Å². The van der Waals surface area contributed by atoms with Crippen molar-refractivity contribution in [3.05, 3.63) is 51.5 Å². The Kier molecular flexibility index (Phi) is 7.24. The minimum absolute atomic E-state index is 0.00574. The molecule has 1 amide bonds. The molecule has 144 valence electrons. The van der Waals surface area contributed by atoms with E-state index in [2.05, 4.69) is 40.3 Å².